The van der Waals surface area contributed by atoms with Crippen molar-refractivity contribution in [2.45, 2.75) is 46.2 Å². The van der Waals surface area contributed by atoms with Gasteiger partial charge in [0.05, 0.1) is 17.1 Å². The van der Waals surface area contributed by atoms with E-state index >= 15 is 0 Å². The number of nitrogens with zero attached hydrogens (tertiary/aromatic N) is 2. The molecule has 1 aromatic carbocycles. The zero-order valence-corrected chi connectivity index (χ0v) is 15.5. The van der Waals surface area contributed by atoms with E-state index in [9.17, 15) is 9.18 Å². The molecule has 1 atom stereocenters. The van der Waals surface area contributed by atoms with Gasteiger partial charge in [-0.05, 0) is 44.0 Å². The summed E-state index contributed by atoms with van der Waals surface area (Å²) >= 11 is 1.45. The van der Waals surface area contributed by atoms with Crippen LogP contribution in [0.4, 0.5) is 4.39 Å². The van der Waals surface area contributed by atoms with Gasteiger partial charge in [-0.1, -0.05) is 25.5 Å². The highest BCUT2D eigenvalue weighted by Gasteiger charge is 2.17. The zero-order valence-electron chi connectivity index (χ0n) is 14.7. The molecule has 0 spiro atoms. The Morgan fingerprint density at radius 2 is 2.08 bits per heavy atom. The molecule has 3 rings (SSSR count). The monoisotopic (exact) mass is 359 g/mol. The van der Waals surface area contributed by atoms with E-state index in [-0.39, 0.29) is 17.8 Å². The molecule has 0 saturated heterocycles. The minimum absolute atomic E-state index is 0.0325. The number of aromatic nitrogens is 2. The van der Waals surface area contributed by atoms with Crippen molar-refractivity contribution in [3.05, 3.63) is 52.3 Å². The average Bonchev–Trinajstić information content (AvgIpc) is 3.12. The van der Waals surface area contributed by atoms with Crippen LogP contribution in [-0.2, 0) is 6.54 Å². The van der Waals surface area contributed by atoms with Gasteiger partial charge < -0.3 is 5.32 Å². The van der Waals surface area contributed by atoms with Crippen LogP contribution in [0.25, 0.3) is 10.2 Å². The van der Waals surface area contributed by atoms with E-state index in [4.69, 9.17) is 0 Å². The highest BCUT2D eigenvalue weighted by atomic mass is 32.1. The van der Waals surface area contributed by atoms with Crippen molar-refractivity contribution in [2.75, 3.05) is 0 Å². The number of hydrogen-bond donors (Lipinski definition) is 1. The molecule has 1 amide bonds. The molecule has 2 heterocycles. The van der Waals surface area contributed by atoms with Crippen molar-refractivity contribution >= 4 is 27.5 Å². The molecule has 0 bridgehead atoms. The normalized spacial score (nSPS) is 12.5. The second-order valence-corrected chi connectivity index (χ2v) is 7.39. The number of hydrogen-bond acceptors (Lipinski definition) is 3. The molecule has 0 radical (unpaired) electrons. The number of fused-ring (bicyclic) bond motifs is 1. The summed E-state index contributed by atoms with van der Waals surface area (Å²) in [5.41, 5.74) is 1.87. The molecule has 0 aliphatic rings. The molecule has 132 valence electrons. The number of thiophene rings is 1. The number of amides is 1. The number of carbonyl (C=O) groups is 1. The summed E-state index contributed by atoms with van der Waals surface area (Å²) in [5, 5.41) is 8.60. The van der Waals surface area contributed by atoms with E-state index in [2.05, 4.69) is 17.3 Å². The summed E-state index contributed by atoms with van der Waals surface area (Å²) in [6, 6.07) is 8.49. The minimum Gasteiger partial charge on any atom is -0.349 e. The number of carbonyl (C=O) groups excluding carboxylic acids is 1. The summed E-state index contributed by atoms with van der Waals surface area (Å²) in [7, 11) is 0. The van der Waals surface area contributed by atoms with Gasteiger partial charge in [0.15, 0.2) is 0 Å². The standard InChI is InChI=1S/C19H22FN3OS/c1-4-5-12(2)21-18(24)17-10-16-13(3)22-23(19(16)25-17)11-14-6-8-15(20)9-7-14/h6-10,12H,4-5,11H2,1-3H3,(H,21,24)/t12-/m0/s1. The fourth-order valence-electron chi connectivity index (χ4n) is 2.89. The number of rotatable bonds is 6. The largest absolute Gasteiger partial charge is 0.349 e. The molecule has 6 heteroatoms. The molecule has 2 aromatic heterocycles. The van der Waals surface area contributed by atoms with Crippen LogP contribution in [0, 0.1) is 12.7 Å². The smallest absolute Gasteiger partial charge is 0.261 e. The SMILES string of the molecule is CCC[C@H](C)NC(=O)c1cc2c(C)nn(Cc3ccc(F)cc3)c2s1. The van der Waals surface area contributed by atoms with Crippen LogP contribution in [0.1, 0.15) is 47.6 Å². The van der Waals surface area contributed by atoms with Gasteiger partial charge in [-0.25, -0.2) is 4.39 Å². The number of benzene rings is 1. The number of nitrogens with one attached hydrogen (secondary N) is 1. The summed E-state index contributed by atoms with van der Waals surface area (Å²) in [4.78, 5) is 14.1. The molecule has 0 saturated carbocycles. The van der Waals surface area contributed by atoms with Gasteiger partial charge in [-0.3, -0.25) is 9.48 Å². The third-order valence-corrected chi connectivity index (χ3v) is 5.32. The van der Waals surface area contributed by atoms with Crippen LogP contribution in [0.2, 0.25) is 0 Å². The summed E-state index contributed by atoms with van der Waals surface area (Å²) in [6.45, 7) is 6.63. The van der Waals surface area contributed by atoms with E-state index in [1.165, 1.54) is 23.5 Å². The Balaban J connectivity index is 1.85. The first kappa shape index (κ1) is 17.6. The summed E-state index contributed by atoms with van der Waals surface area (Å²) < 4.78 is 15.0. The van der Waals surface area contributed by atoms with Crippen molar-refractivity contribution in [1.29, 1.82) is 0 Å². The lowest BCUT2D eigenvalue weighted by Gasteiger charge is -2.11. The van der Waals surface area contributed by atoms with Crippen molar-refractivity contribution in [3.63, 3.8) is 0 Å². The Morgan fingerprint density at radius 3 is 2.76 bits per heavy atom. The fourth-order valence-corrected chi connectivity index (χ4v) is 3.96. The molecule has 0 aliphatic heterocycles. The molecular formula is C19H22FN3OS. The van der Waals surface area contributed by atoms with E-state index in [0.29, 0.717) is 11.4 Å². The number of halogens is 1. The van der Waals surface area contributed by atoms with Gasteiger partial charge in [0.2, 0.25) is 0 Å². The summed E-state index contributed by atoms with van der Waals surface area (Å²) in [6.07, 6.45) is 2.01. The predicted octanol–water partition coefficient (Wildman–Crippen LogP) is 4.51. The Kier molecular flexibility index (Phi) is 5.18. The lowest BCUT2D eigenvalue weighted by Crippen LogP contribution is -2.31. The zero-order chi connectivity index (χ0) is 18.0. The Bertz CT molecular complexity index is 882. The van der Waals surface area contributed by atoms with Crippen molar-refractivity contribution < 1.29 is 9.18 Å². The second kappa shape index (κ2) is 7.35. The van der Waals surface area contributed by atoms with Gasteiger partial charge in [0.25, 0.3) is 5.91 Å². The quantitative estimate of drug-likeness (QED) is 0.704. The van der Waals surface area contributed by atoms with Gasteiger partial charge in [0, 0.05) is 11.4 Å². The molecule has 1 N–H and O–H groups in total. The van der Waals surface area contributed by atoms with Gasteiger partial charge in [-0.2, -0.15) is 5.10 Å². The summed E-state index contributed by atoms with van der Waals surface area (Å²) in [5.74, 6) is -0.281. The van der Waals surface area contributed by atoms with Crippen molar-refractivity contribution in [2.24, 2.45) is 0 Å². The van der Waals surface area contributed by atoms with E-state index in [1.807, 2.05) is 24.6 Å². The third-order valence-electron chi connectivity index (χ3n) is 4.18. The van der Waals surface area contributed by atoms with Crippen LogP contribution in [0.15, 0.2) is 30.3 Å². The maximum Gasteiger partial charge on any atom is 0.261 e. The lowest BCUT2D eigenvalue weighted by atomic mass is 10.2. The van der Waals surface area contributed by atoms with Crippen molar-refractivity contribution in [3.8, 4) is 0 Å². The average molecular weight is 359 g/mol. The van der Waals surface area contributed by atoms with Gasteiger partial charge in [0.1, 0.15) is 10.6 Å². The lowest BCUT2D eigenvalue weighted by molar-refractivity contribution is 0.0942. The molecular weight excluding hydrogens is 337 g/mol. The predicted molar refractivity (Wildman–Crippen MR) is 99.7 cm³/mol. The molecule has 3 aromatic rings. The molecule has 0 aliphatic carbocycles. The first-order chi connectivity index (χ1) is 12.0. The van der Waals surface area contributed by atoms with E-state index in [1.54, 1.807) is 12.1 Å². The van der Waals surface area contributed by atoms with Crippen LogP contribution in [0.5, 0.6) is 0 Å². The Hall–Kier alpha value is -2.21. The van der Waals surface area contributed by atoms with Crippen molar-refractivity contribution in [1.82, 2.24) is 15.1 Å². The van der Waals surface area contributed by atoms with Gasteiger partial charge in [-0.15, -0.1) is 11.3 Å². The Morgan fingerprint density at radius 1 is 1.36 bits per heavy atom. The van der Waals surface area contributed by atoms with E-state index in [0.717, 1.165) is 34.3 Å². The highest BCUT2D eigenvalue weighted by Crippen LogP contribution is 2.29. The van der Waals surface area contributed by atoms with Crippen LogP contribution in [0.3, 0.4) is 0 Å². The maximum atomic E-state index is 13.1. The molecule has 0 fully saturated rings. The van der Waals surface area contributed by atoms with E-state index < -0.39 is 0 Å². The molecule has 0 unspecified atom stereocenters. The maximum absolute atomic E-state index is 13.1. The minimum atomic E-state index is -0.248. The molecule has 25 heavy (non-hydrogen) atoms. The second-order valence-electron chi connectivity index (χ2n) is 6.36. The number of aryl methyl sites for hydroxylation is 1. The topological polar surface area (TPSA) is 46.9 Å². The van der Waals surface area contributed by atoms with Gasteiger partial charge >= 0.3 is 0 Å². The Labute approximate surface area is 150 Å². The fraction of sp³-hybridized carbons (Fsp3) is 0.368. The van der Waals surface area contributed by atoms with Crippen LogP contribution in [-0.4, -0.2) is 21.7 Å². The third kappa shape index (κ3) is 3.90. The van der Waals surface area contributed by atoms with Crippen LogP contribution < -0.4 is 5.32 Å². The molecule has 4 nitrogen and oxygen atoms in total. The first-order valence-corrected chi connectivity index (χ1v) is 9.31. The highest BCUT2D eigenvalue weighted by molar-refractivity contribution is 7.20. The first-order valence-electron chi connectivity index (χ1n) is 8.50. The van der Waals surface area contributed by atoms with Crippen LogP contribution >= 0.6 is 11.3 Å².